The first-order chi connectivity index (χ1) is 9.70. The zero-order valence-electron chi connectivity index (χ0n) is 11.3. The Kier molecular flexibility index (Phi) is 5.21. The Morgan fingerprint density at radius 3 is 1.75 bits per heavy atom. The van der Waals surface area contributed by atoms with E-state index in [1.54, 1.807) is 24.3 Å². The van der Waals surface area contributed by atoms with Crippen molar-refractivity contribution < 1.29 is 13.5 Å². The van der Waals surface area contributed by atoms with Crippen molar-refractivity contribution in [1.29, 1.82) is 0 Å². The summed E-state index contributed by atoms with van der Waals surface area (Å²) in [6.07, 6.45) is -0.329. The predicted octanol–water partition coefficient (Wildman–Crippen LogP) is 3.29. The Morgan fingerprint density at radius 1 is 0.900 bits per heavy atom. The van der Waals surface area contributed by atoms with Crippen LogP contribution in [-0.2, 0) is 4.74 Å². The van der Waals surface area contributed by atoms with Gasteiger partial charge in [0.15, 0.2) is 0 Å². The monoisotopic (exact) mass is 277 g/mol. The first kappa shape index (κ1) is 14.6. The lowest BCUT2D eigenvalue weighted by atomic mass is 10.0. The van der Waals surface area contributed by atoms with Crippen LogP contribution in [0.15, 0.2) is 48.5 Å². The molecular weight excluding hydrogens is 260 g/mol. The molecule has 1 N–H and O–H groups in total. The number of rotatable bonds is 6. The maximum atomic E-state index is 13.0. The number of benzene rings is 2. The van der Waals surface area contributed by atoms with Crippen molar-refractivity contribution in [3.05, 3.63) is 71.3 Å². The minimum Gasteiger partial charge on any atom is -0.367 e. The lowest BCUT2D eigenvalue weighted by Gasteiger charge is -2.19. The number of hydrogen-bond donors (Lipinski definition) is 1. The molecular formula is C16H17F2NO. The summed E-state index contributed by atoms with van der Waals surface area (Å²) in [6, 6.07) is 12.3. The molecule has 0 fully saturated rings. The van der Waals surface area contributed by atoms with Crippen LogP contribution in [0, 0.1) is 11.6 Å². The quantitative estimate of drug-likeness (QED) is 0.818. The Bertz CT molecular complexity index is 480. The molecule has 0 spiro atoms. The SMILES string of the molecule is CNCCOC(c1ccc(F)cc1)c1ccc(F)cc1. The largest absolute Gasteiger partial charge is 0.367 e. The number of ether oxygens (including phenoxy) is 1. The van der Waals surface area contributed by atoms with Crippen LogP contribution in [0.5, 0.6) is 0 Å². The highest BCUT2D eigenvalue weighted by Crippen LogP contribution is 2.26. The van der Waals surface area contributed by atoms with Crippen LogP contribution in [0.1, 0.15) is 17.2 Å². The molecule has 0 heterocycles. The molecule has 0 aliphatic carbocycles. The third-order valence-electron chi connectivity index (χ3n) is 2.98. The molecule has 0 aliphatic heterocycles. The second-order valence-corrected chi connectivity index (χ2v) is 4.46. The van der Waals surface area contributed by atoms with Gasteiger partial charge in [0.2, 0.25) is 0 Å². The molecule has 0 atom stereocenters. The van der Waals surface area contributed by atoms with Crippen LogP contribution in [0.4, 0.5) is 8.78 Å². The van der Waals surface area contributed by atoms with Gasteiger partial charge in [-0.15, -0.1) is 0 Å². The second kappa shape index (κ2) is 7.12. The molecule has 20 heavy (non-hydrogen) atoms. The fourth-order valence-electron chi connectivity index (χ4n) is 1.94. The van der Waals surface area contributed by atoms with E-state index in [0.29, 0.717) is 13.2 Å². The summed E-state index contributed by atoms with van der Waals surface area (Å²) in [6.45, 7) is 1.22. The van der Waals surface area contributed by atoms with Crippen LogP contribution >= 0.6 is 0 Å². The molecule has 0 bridgehead atoms. The molecule has 0 saturated heterocycles. The molecule has 0 radical (unpaired) electrons. The first-order valence-corrected chi connectivity index (χ1v) is 6.48. The van der Waals surface area contributed by atoms with E-state index >= 15 is 0 Å². The molecule has 2 rings (SSSR count). The van der Waals surface area contributed by atoms with E-state index in [4.69, 9.17) is 4.74 Å². The lowest BCUT2D eigenvalue weighted by molar-refractivity contribution is 0.0830. The van der Waals surface area contributed by atoms with Crippen molar-refractivity contribution in [2.24, 2.45) is 0 Å². The Balaban J connectivity index is 2.23. The Hall–Kier alpha value is -1.78. The van der Waals surface area contributed by atoms with E-state index in [-0.39, 0.29) is 17.7 Å². The van der Waals surface area contributed by atoms with Crippen molar-refractivity contribution in [3.8, 4) is 0 Å². The van der Waals surface area contributed by atoms with Gasteiger partial charge >= 0.3 is 0 Å². The van der Waals surface area contributed by atoms with E-state index in [0.717, 1.165) is 11.1 Å². The molecule has 2 nitrogen and oxygen atoms in total. The van der Waals surface area contributed by atoms with Gasteiger partial charge in [0, 0.05) is 6.54 Å². The minimum absolute atomic E-state index is 0.290. The minimum atomic E-state index is -0.329. The average Bonchev–Trinajstić information content (AvgIpc) is 2.46. The van der Waals surface area contributed by atoms with Crippen molar-refractivity contribution in [2.75, 3.05) is 20.2 Å². The molecule has 0 unspecified atom stereocenters. The maximum Gasteiger partial charge on any atom is 0.123 e. The van der Waals surface area contributed by atoms with Gasteiger partial charge in [-0.3, -0.25) is 0 Å². The summed E-state index contributed by atoms with van der Waals surface area (Å²) in [5.74, 6) is -0.580. The number of nitrogens with one attached hydrogen (secondary N) is 1. The van der Waals surface area contributed by atoms with Crippen molar-refractivity contribution in [1.82, 2.24) is 5.32 Å². The highest BCUT2D eigenvalue weighted by atomic mass is 19.1. The van der Waals surface area contributed by atoms with Crippen LogP contribution < -0.4 is 5.32 Å². The smallest absolute Gasteiger partial charge is 0.123 e. The van der Waals surface area contributed by atoms with E-state index < -0.39 is 0 Å². The fourth-order valence-corrected chi connectivity index (χ4v) is 1.94. The van der Waals surface area contributed by atoms with Gasteiger partial charge in [0.25, 0.3) is 0 Å². The summed E-state index contributed by atoms with van der Waals surface area (Å²) in [4.78, 5) is 0. The Morgan fingerprint density at radius 2 is 1.35 bits per heavy atom. The van der Waals surface area contributed by atoms with Crippen LogP contribution in [0.25, 0.3) is 0 Å². The molecule has 106 valence electrons. The standard InChI is InChI=1S/C16H17F2NO/c1-19-10-11-20-16(12-2-6-14(17)7-3-12)13-4-8-15(18)9-5-13/h2-9,16,19H,10-11H2,1H3. The lowest BCUT2D eigenvalue weighted by Crippen LogP contribution is -2.17. The van der Waals surface area contributed by atoms with E-state index in [1.165, 1.54) is 24.3 Å². The van der Waals surface area contributed by atoms with E-state index in [9.17, 15) is 8.78 Å². The van der Waals surface area contributed by atoms with Crippen LogP contribution in [-0.4, -0.2) is 20.2 Å². The molecule has 4 heteroatoms. The van der Waals surface area contributed by atoms with Gasteiger partial charge in [0.05, 0.1) is 6.61 Å². The predicted molar refractivity (Wildman–Crippen MR) is 74.5 cm³/mol. The van der Waals surface area contributed by atoms with Crippen molar-refractivity contribution in [2.45, 2.75) is 6.10 Å². The molecule has 0 aromatic heterocycles. The second-order valence-electron chi connectivity index (χ2n) is 4.46. The van der Waals surface area contributed by atoms with Gasteiger partial charge in [-0.25, -0.2) is 8.78 Å². The molecule has 2 aromatic carbocycles. The zero-order valence-corrected chi connectivity index (χ0v) is 11.3. The van der Waals surface area contributed by atoms with Crippen molar-refractivity contribution in [3.63, 3.8) is 0 Å². The van der Waals surface area contributed by atoms with Gasteiger partial charge in [-0.1, -0.05) is 24.3 Å². The highest BCUT2D eigenvalue weighted by Gasteiger charge is 2.14. The van der Waals surface area contributed by atoms with Gasteiger partial charge < -0.3 is 10.1 Å². The summed E-state index contributed by atoms with van der Waals surface area (Å²) in [7, 11) is 1.84. The number of halogens is 2. The summed E-state index contributed by atoms with van der Waals surface area (Å²) < 4.78 is 31.9. The van der Waals surface area contributed by atoms with Crippen LogP contribution in [0.2, 0.25) is 0 Å². The number of hydrogen-bond acceptors (Lipinski definition) is 2. The van der Waals surface area contributed by atoms with Gasteiger partial charge in [-0.05, 0) is 42.4 Å². The third kappa shape index (κ3) is 3.85. The molecule has 0 amide bonds. The average molecular weight is 277 g/mol. The maximum absolute atomic E-state index is 13.0. The Labute approximate surface area is 117 Å². The fraction of sp³-hybridized carbons (Fsp3) is 0.250. The summed E-state index contributed by atoms with van der Waals surface area (Å²) >= 11 is 0. The topological polar surface area (TPSA) is 21.3 Å². The normalized spacial score (nSPS) is 11.0. The van der Waals surface area contributed by atoms with Crippen LogP contribution in [0.3, 0.4) is 0 Å². The zero-order chi connectivity index (χ0) is 14.4. The first-order valence-electron chi connectivity index (χ1n) is 6.48. The van der Waals surface area contributed by atoms with E-state index in [2.05, 4.69) is 5.32 Å². The van der Waals surface area contributed by atoms with E-state index in [1.807, 2.05) is 7.05 Å². The summed E-state index contributed by atoms with van der Waals surface area (Å²) in [5, 5.41) is 3.00. The highest BCUT2D eigenvalue weighted by molar-refractivity contribution is 5.30. The molecule has 0 aliphatic rings. The van der Waals surface area contributed by atoms with Crippen molar-refractivity contribution >= 4 is 0 Å². The van der Waals surface area contributed by atoms with Gasteiger partial charge in [0.1, 0.15) is 17.7 Å². The third-order valence-corrected chi connectivity index (χ3v) is 2.98. The molecule has 0 saturated carbocycles. The molecule has 2 aromatic rings. The van der Waals surface area contributed by atoms with Gasteiger partial charge in [-0.2, -0.15) is 0 Å². The number of likely N-dealkylation sites (N-methyl/N-ethyl adjacent to an activating group) is 1. The summed E-state index contributed by atoms with van der Waals surface area (Å²) in [5.41, 5.74) is 1.68.